The number of rotatable bonds is 7. The lowest BCUT2D eigenvalue weighted by molar-refractivity contribution is 0.659. The molecule has 3 aromatic rings. The van der Waals surface area contributed by atoms with E-state index in [-0.39, 0.29) is 0 Å². The van der Waals surface area contributed by atoms with Crippen LogP contribution < -0.4 is 0 Å². The zero-order valence-corrected chi connectivity index (χ0v) is 15.6. The number of benzene rings is 2. The van der Waals surface area contributed by atoms with Gasteiger partial charge in [-0.25, -0.2) is 0 Å². The molecule has 0 saturated heterocycles. The van der Waals surface area contributed by atoms with Crippen molar-refractivity contribution in [3.63, 3.8) is 0 Å². The van der Waals surface area contributed by atoms with Crippen LogP contribution in [0, 0.1) is 6.92 Å². The number of hydrogen-bond donors (Lipinski definition) is 0. The minimum Gasteiger partial charge on any atom is -0.306 e. The molecule has 0 saturated carbocycles. The first-order valence-corrected chi connectivity index (χ1v) is 10.0. The van der Waals surface area contributed by atoms with Crippen LogP contribution in [0.5, 0.6) is 0 Å². The molecule has 0 atom stereocenters. The third-order valence-corrected chi connectivity index (χ3v) is 5.76. The SMILES string of the molecule is CCn1c(CSc2ccc(C)cc2)nnc1SCc1ccccc1. The zero-order valence-electron chi connectivity index (χ0n) is 14.0. The second-order valence-electron chi connectivity index (χ2n) is 5.52. The molecular weight excluding hydrogens is 334 g/mol. The number of aryl methyl sites for hydroxylation is 1. The largest absolute Gasteiger partial charge is 0.306 e. The predicted octanol–water partition coefficient (Wildman–Crippen LogP) is 5.19. The number of aromatic nitrogens is 3. The van der Waals surface area contributed by atoms with E-state index >= 15 is 0 Å². The number of nitrogens with zero attached hydrogens (tertiary/aromatic N) is 3. The molecule has 0 spiro atoms. The van der Waals surface area contributed by atoms with Crippen molar-refractivity contribution in [3.8, 4) is 0 Å². The molecule has 24 heavy (non-hydrogen) atoms. The smallest absolute Gasteiger partial charge is 0.191 e. The van der Waals surface area contributed by atoms with Crippen molar-refractivity contribution in [1.29, 1.82) is 0 Å². The Kier molecular flexibility index (Phi) is 5.99. The highest BCUT2D eigenvalue weighted by Gasteiger charge is 2.11. The van der Waals surface area contributed by atoms with Crippen molar-refractivity contribution < 1.29 is 0 Å². The monoisotopic (exact) mass is 355 g/mol. The average Bonchev–Trinajstić information content (AvgIpc) is 3.02. The molecule has 0 unspecified atom stereocenters. The van der Waals surface area contributed by atoms with Crippen molar-refractivity contribution in [3.05, 3.63) is 71.5 Å². The molecule has 3 nitrogen and oxygen atoms in total. The summed E-state index contributed by atoms with van der Waals surface area (Å²) in [7, 11) is 0. The highest BCUT2D eigenvalue weighted by molar-refractivity contribution is 7.98. The normalized spacial score (nSPS) is 10.9. The van der Waals surface area contributed by atoms with Gasteiger partial charge in [0.15, 0.2) is 5.16 Å². The molecule has 1 aromatic heterocycles. The number of hydrogen-bond acceptors (Lipinski definition) is 4. The number of thioether (sulfide) groups is 2. The minimum absolute atomic E-state index is 0.843. The molecule has 0 aliphatic heterocycles. The first-order chi connectivity index (χ1) is 11.8. The molecule has 2 aromatic carbocycles. The Morgan fingerprint density at radius 2 is 1.62 bits per heavy atom. The van der Waals surface area contributed by atoms with E-state index in [1.807, 2.05) is 6.07 Å². The lowest BCUT2D eigenvalue weighted by Gasteiger charge is -2.07. The molecule has 0 fully saturated rings. The maximum atomic E-state index is 4.40. The van der Waals surface area contributed by atoms with Crippen LogP contribution in [0.3, 0.4) is 0 Å². The van der Waals surface area contributed by atoms with Crippen molar-refractivity contribution in [2.24, 2.45) is 0 Å². The third kappa shape index (κ3) is 4.42. The van der Waals surface area contributed by atoms with E-state index in [4.69, 9.17) is 0 Å². The standard InChI is InChI=1S/C19H21N3S2/c1-3-22-18(14-23-17-11-9-15(2)10-12-17)20-21-19(22)24-13-16-7-5-4-6-8-16/h4-12H,3,13-14H2,1-2H3. The topological polar surface area (TPSA) is 30.7 Å². The van der Waals surface area contributed by atoms with Gasteiger partial charge in [-0.3, -0.25) is 0 Å². The van der Waals surface area contributed by atoms with Gasteiger partial charge in [-0.05, 0) is 31.5 Å². The Balaban J connectivity index is 1.64. The molecule has 0 bridgehead atoms. The van der Waals surface area contributed by atoms with Crippen molar-refractivity contribution >= 4 is 23.5 Å². The molecule has 3 rings (SSSR count). The highest BCUT2D eigenvalue weighted by Crippen LogP contribution is 2.26. The van der Waals surface area contributed by atoms with Gasteiger partial charge in [-0.15, -0.1) is 22.0 Å². The van der Waals surface area contributed by atoms with Crippen molar-refractivity contribution in [2.45, 2.75) is 41.9 Å². The van der Waals surface area contributed by atoms with E-state index in [2.05, 4.69) is 77.1 Å². The molecular formula is C19H21N3S2. The van der Waals surface area contributed by atoms with Gasteiger partial charge in [0.05, 0.1) is 5.75 Å². The third-order valence-electron chi connectivity index (χ3n) is 3.71. The Morgan fingerprint density at radius 3 is 2.33 bits per heavy atom. The quantitative estimate of drug-likeness (QED) is 0.546. The molecule has 0 radical (unpaired) electrons. The van der Waals surface area contributed by atoms with E-state index in [1.165, 1.54) is 16.0 Å². The van der Waals surface area contributed by atoms with Crippen LogP contribution in [0.1, 0.15) is 23.9 Å². The van der Waals surface area contributed by atoms with Gasteiger partial charge in [0.1, 0.15) is 5.82 Å². The van der Waals surface area contributed by atoms with E-state index in [1.54, 1.807) is 23.5 Å². The summed E-state index contributed by atoms with van der Waals surface area (Å²) in [5.41, 5.74) is 2.60. The fourth-order valence-corrected chi connectivity index (χ4v) is 4.17. The predicted molar refractivity (Wildman–Crippen MR) is 102 cm³/mol. The van der Waals surface area contributed by atoms with Crippen LogP contribution in [0.25, 0.3) is 0 Å². The maximum absolute atomic E-state index is 4.40. The van der Waals surface area contributed by atoms with E-state index in [9.17, 15) is 0 Å². The van der Waals surface area contributed by atoms with Gasteiger partial charge in [0, 0.05) is 17.2 Å². The van der Waals surface area contributed by atoms with Crippen molar-refractivity contribution in [1.82, 2.24) is 14.8 Å². The fourth-order valence-electron chi connectivity index (χ4n) is 2.35. The van der Waals surface area contributed by atoms with Crippen LogP contribution in [0.15, 0.2) is 64.6 Å². The van der Waals surface area contributed by atoms with Crippen molar-refractivity contribution in [2.75, 3.05) is 0 Å². The molecule has 0 N–H and O–H groups in total. The summed E-state index contributed by atoms with van der Waals surface area (Å²) < 4.78 is 2.22. The molecule has 0 amide bonds. The summed E-state index contributed by atoms with van der Waals surface area (Å²) in [6, 6.07) is 19.1. The second-order valence-corrected chi connectivity index (χ2v) is 7.51. The molecule has 124 valence electrons. The highest BCUT2D eigenvalue weighted by atomic mass is 32.2. The minimum atomic E-state index is 0.843. The van der Waals surface area contributed by atoms with E-state index < -0.39 is 0 Å². The van der Waals surface area contributed by atoms with Gasteiger partial charge >= 0.3 is 0 Å². The van der Waals surface area contributed by atoms with Crippen LogP contribution in [-0.2, 0) is 18.1 Å². The average molecular weight is 356 g/mol. The Hall–Kier alpha value is -1.72. The van der Waals surface area contributed by atoms with Gasteiger partial charge in [0.25, 0.3) is 0 Å². The molecule has 0 aliphatic carbocycles. The van der Waals surface area contributed by atoms with Crippen LogP contribution in [-0.4, -0.2) is 14.8 Å². The summed E-state index contributed by atoms with van der Waals surface area (Å²) in [5.74, 6) is 2.80. The Morgan fingerprint density at radius 1 is 0.875 bits per heavy atom. The summed E-state index contributed by atoms with van der Waals surface area (Å²) in [5, 5.41) is 9.80. The summed E-state index contributed by atoms with van der Waals surface area (Å²) in [6.07, 6.45) is 0. The molecule has 0 aliphatic rings. The lowest BCUT2D eigenvalue weighted by atomic mass is 10.2. The Labute approximate surface area is 151 Å². The second kappa shape index (κ2) is 8.40. The maximum Gasteiger partial charge on any atom is 0.191 e. The summed E-state index contributed by atoms with van der Waals surface area (Å²) in [6.45, 7) is 5.16. The van der Waals surface area contributed by atoms with Gasteiger partial charge < -0.3 is 4.57 Å². The van der Waals surface area contributed by atoms with Gasteiger partial charge in [-0.1, -0.05) is 59.8 Å². The first kappa shape index (κ1) is 17.1. The summed E-state index contributed by atoms with van der Waals surface area (Å²) >= 11 is 3.56. The lowest BCUT2D eigenvalue weighted by Crippen LogP contribution is -2.02. The molecule has 5 heteroatoms. The van der Waals surface area contributed by atoms with E-state index in [0.29, 0.717) is 0 Å². The fraction of sp³-hybridized carbons (Fsp3) is 0.263. The van der Waals surface area contributed by atoms with Crippen LogP contribution in [0.2, 0.25) is 0 Å². The molecule has 1 heterocycles. The van der Waals surface area contributed by atoms with Crippen LogP contribution in [0.4, 0.5) is 0 Å². The van der Waals surface area contributed by atoms with Gasteiger partial charge in [0.2, 0.25) is 0 Å². The summed E-state index contributed by atoms with van der Waals surface area (Å²) in [4.78, 5) is 1.27. The van der Waals surface area contributed by atoms with Gasteiger partial charge in [-0.2, -0.15) is 0 Å². The Bertz CT molecular complexity index is 767. The first-order valence-electron chi connectivity index (χ1n) is 8.04. The van der Waals surface area contributed by atoms with Crippen LogP contribution >= 0.6 is 23.5 Å². The van der Waals surface area contributed by atoms with E-state index in [0.717, 1.165) is 29.0 Å². The zero-order chi connectivity index (χ0) is 16.8.